The van der Waals surface area contributed by atoms with Crippen LogP contribution in [0.5, 0.6) is 0 Å². The first-order chi connectivity index (χ1) is 7.87. The zero-order valence-electron chi connectivity index (χ0n) is 9.39. The van der Waals surface area contributed by atoms with Gasteiger partial charge in [-0.1, -0.05) is 6.07 Å². The van der Waals surface area contributed by atoms with Crippen LogP contribution < -0.4 is 0 Å². The average Bonchev–Trinajstić information content (AvgIpc) is 2.14. The molecule has 1 heterocycles. The maximum absolute atomic E-state index is 13.3. The molecule has 0 bridgehead atoms. The van der Waals surface area contributed by atoms with Gasteiger partial charge in [-0.15, -0.1) is 0 Å². The SMILES string of the molecule is CC1(O)CN(Cc2ccc([N+](=O)[O-])c(F)c2)C1. The number of nitro groups is 1. The molecule has 0 amide bonds. The van der Waals surface area contributed by atoms with Crippen LogP contribution >= 0.6 is 0 Å². The van der Waals surface area contributed by atoms with Gasteiger partial charge in [-0.3, -0.25) is 15.0 Å². The molecule has 0 atom stereocenters. The van der Waals surface area contributed by atoms with E-state index in [0.717, 1.165) is 0 Å². The van der Waals surface area contributed by atoms with Gasteiger partial charge >= 0.3 is 5.69 Å². The second-order valence-electron chi connectivity index (χ2n) is 4.68. The zero-order valence-corrected chi connectivity index (χ0v) is 9.39. The zero-order chi connectivity index (χ0) is 12.6. The van der Waals surface area contributed by atoms with E-state index in [1.165, 1.54) is 18.2 Å². The number of hydrogen-bond donors (Lipinski definition) is 1. The highest BCUT2D eigenvalue weighted by Crippen LogP contribution is 2.24. The molecule has 1 fully saturated rings. The first-order valence-electron chi connectivity index (χ1n) is 5.25. The summed E-state index contributed by atoms with van der Waals surface area (Å²) in [6, 6.07) is 3.88. The van der Waals surface area contributed by atoms with Gasteiger partial charge in [-0.25, -0.2) is 0 Å². The largest absolute Gasteiger partial charge is 0.388 e. The third-order valence-corrected chi connectivity index (χ3v) is 2.74. The van der Waals surface area contributed by atoms with Gasteiger partial charge in [0.15, 0.2) is 0 Å². The van der Waals surface area contributed by atoms with Crippen molar-refractivity contribution in [2.75, 3.05) is 13.1 Å². The van der Waals surface area contributed by atoms with E-state index in [4.69, 9.17) is 0 Å². The van der Waals surface area contributed by atoms with Gasteiger partial charge in [-0.05, 0) is 18.6 Å². The average molecular weight is 240 g/mol. The highest BCUT2D eigenvalue weighted by atomic mass is 19.1. The van der Waals surface area contributed by atoms with E-state index in [1.54, 1.807) is 6.92 Å². The van der Waals surface area contributed by atoms with Gasteiger partial charge in [0.05, 0.1) is 10.5 Å². The summed E-state index contributed by atoms with van der Waals surface area (Å²) in [6.07, 6.45) is 0. The minimum absolute atomic E-state index is 0.491. The lowest BCUT2D eigenvalue weighted by Crippen LogP contribution is -2.59. The minimum Gasteiger partial charge on any atom is -0.388 e. The molecule has 2 rings (SSSR count). The lowest BCUT2D eigenvalue weighted by atomic mass is 9.96. The summed E-state index contributed by atoms with van der Waals surface area (Å²) >= 11 is 0. The summed E-state index contributed by atoms with van der Waals surface area (Å²) < 4.78 is 13.3. The van der Waals surface area contributed by atoms with Crippen LogP contribution in [-0.2, 0) is 6.54 Å². The third kappa shape index (κ3) is 2.59. The van der Waals surface area contributed by atoms with E-state index in [9.17, 15) is 19.6 Å². The number of likely N-dealkylation sites (tertiary alicyclic amines) is 1. The van der Waals surface area contributed by atoms with Crippen molar-refractivity contribution in [3.63, 3.8) is 0 Å². The summed E-state index contributed by atoms with van der Waals surface area (Å²) in [5.41, 5.74) is -0.507. The van der Waals surface area contributed by atoms with Crippen molar-refractivity contribution in [2.24, 2.45) is 0 Å². The molecule has 1 aliphatic rings. The normalized spacial score (nSPS) is 18.8. The Morgan fingerprint density at radius 2 is 2.24 bits per heavy atom. The van der Waals surface area contributed by atoms with Gasteiger partial charge in [0.2, 0.25) is 5.82 Å². The fourth-order valence-corrected chi connectivity index (χ4v) is 2.08. The Labute approximate surface area is 97.6 Å². The molecule has 6 heteroatoms. The summed E-state index contributed by atoms with van der Waals surface area (Å²) in [6.45, 7) is 3.29. The van der Waals surface area contributed by atoms with Gasteiger partial charge < -0.3 is 5.11 Å². The molecule has 5 nitrogen and oxygen atoms in total. The second-order valence-corrected chi connectivity index (χ2v) is 4.68. The predicted molar refractivity (Wildman–Crippen MR) is 59.0 cm³/mol. The van der Waals surface area contributed by atoms with E-state index in [-0.39, 0.29) is 0 Å². The first-order valence-corrected chi connectivity index (χ1v) is 5.25. The van der Waals surface area contributed by atoms with Gasteiger partial charge in [0.1, 0.15) is 0 Å². The van der Waals surface area contributed by atoms with Crippen molar-refractivity contribution in [3.8, 4) is 0 Å². The lowest BCUT2D eigenvalue weighted by molar-refractivity contribution is -0.387. The molecule has 0 radical (unpaired) electrons. The van der Waals surface area contributed by atoms with Crippen molar-refractivity contribution in [1.29, 1.82) is 0 Å². The molecular weight excluding hydrogens is 227 g/mol. The molecule has 1 aromatic rings. The summed E-state index contributed by atoms with van der Waals surface area (Å²) in [5, 5.41) is 20.0. The summed E-state index contributed by atoms with van der Waals surface area (Å²) in [5.74, 6) is -0.820. The Balaban J connectivity index is 2.04. The van der Waals surface area contributed by atoms with Crippen LogP contribution in [0.25, 0.3) is 0 Å². The van der Waals surface area contributed by atoms with E-state index in [0.29, 0.717) is 25.2 Å². The van der Waals surface area contributed by atoms with E-state index < -0.39 is 22.0 Å². The van der Waals surface area contributed by atoms with Gasteiger partial charge in [0.25, 0.3) is 0 Å². The molecule has 0 unspecified atom stereocenters. The van der Waals surface area contributed by atoms with Crippen molar-refractivity contribution in [3.05, 3.63) is 39.7 Å². The smallest absolute Gasteiger partial charge is 0.304 e. The van der Waals surface area contributed by atoms with Crippen LogP contribution in [0.1, 0.15) is 12.5 Å². The molecule has 17 heavy (non-hydrogen) atoms. The lowest BCUT2D eigenvalue weighted by Gasteiger charge is -2.44. The van der Waals surface area contributed by atoms with Crippen LogP contribution in [0, 0.1) is 15.9 Å². The molecule has 1 N–H and O–H groups in total. The van der Waals surface area contributed by atoms with Crippen LogP contribution in [-0.4, -0.2) is 33.6 Å². The van der Waals surface area contributed by atoms with Crippen molar-refractivity contribution in [2.45, 2.75) is 19.1 Å². The Morgan fingerprint density at radius 3 is 2.71 bits per heavy atom. The number of rotatable bonds is 3. The first kappa shape index (κ1) is 11.9. The number of nitro benzene ring substituents is 1. The van der Waals surface area contributed by atoms with Gasteiger partial charge in [0, 0.05) is 25.7 Å². The Hall–Kier alpha value is -1.53. The highest BCUT2D eigenvalue weighted by Gasteiger charge is 2.36. The fourth-order valence-electron chi connectivity index (χ4n) is 2.08. The molecular formula is C11H13FN2O3. The van der Waals surface area contributed by atoms with Crippen molar-refractivity contribution in [1.82, 2.24) is 4.90 Å². The highest BCUT2D eigenvalue weighted by molar-refractivity contribution is 5.35. The third-order valence-electron chi connectivity index (χ3n) is 2.74. The molecule has 0 spiro atoms. The van der Waals surface area contributed by atoms with E-state index in [1.807, 2.05) is 4.90 Å². The number of nitrogens with zero attached hydrogens (tertiary/aromatic N) is 2. The van der Waals surface area contributed by atoms with Crippen LogP contribution in [0.15, 0.2) is 18.2 Å². The number of benzene rings is 1. The quantitative estimate of drug-likeness (QED) is 0.638. The van der Waals surface area contributed by atoms with Crippen molar-refractivity contribution < 1.29 is 14.4 Å². The molecule has 1 saturated heterocycles. The standard InChI is InChI=1S/C11H13FN2O3/c1-11(15)6-13(7-11)5-8-2-3-10(14(16)17)9(12)4-8/h2-4,15H,5-7H2,1H3. The molecule has 0 aromatic heterocycles. The number of β-amino-alcohol motifs (C(OH)–C–C–N with tert-alkyl or cyclic N) is 1. The molecule has 92 valence electrons. The van der Waals surface area contributed by atoms with Crippen LogP contribution in [0.4, 0.5) is 10.1 Å². The van der Waals surface area contributed by atoms with Crippen molar-refractivity contribution >= 4 is 5.69 Å². The number of aliphatic hydroxyl groups is 1. The molecule has 0 saturated carbocycles. The molecule has 1 aliphatic heterocycles. The predicted octanol–water partition coefficient (Wildman–Crippen LogP) is 1.30. The Morgan fingerprint density at radius 1 is 1.59 bits per heavy atom. The summed E-state index contributed by atoms with van der Waals surface area (Å²) in [4.78, 5) is 11.6. The fraction of sp³-hybridized carbons (Fsp3) is 0.455. The monoisotopic (exact) mass is 240 g/mol. The van der Waals surface area contributed by atoms with E-state index in [2.05, 4.69) is 0 Å². The van der Waals surface area contributed by atoms with Gasteiger partial charge in [-0.2, -0.15) is 4.39 Å². The Bertz CT molecular complexity index is 454. The van der Waals surface area contributed by atoms with Crippen LogP contribution in [0.3, 0.4) is 0 Å². The van der Waals surface area contributed by atoms with Crippen LogP contribution in [0.2, 0.25) is 0 Å². The molecule has 1 aromatic carbocycles. The number of hydrogen-bond acceptors (Lipinski definition) is 4. The molecule has 0 aliphatic carbocycles. The maximum atomic E-state index is 13.3. The number of halogens is 1. The second kappa shape index (κ2) is 4.05. The minimum atomic E-state index is -0.820. The topological polar surface area (TPSA) is 66.6 Å². The maximum Gasteiger partial charge on any atom is 0.304 e. The summed E-state index contributed by atoms with van der Waals surface area (Å²) in [7, 11) is 0. The van der Waals surface area contributed by atoms with E-state index >= 15 is 0 Å². The Kier molecular flexibility index (Phi) is 2.84.